The SMILES string of the molecule is C[C@](N)(COP(=O)(O)O)C(=O)Nc1ccc(Oc2cccc(OCc3ccccc3)c2)cc1. The molecule has 0 bridgehead atoms. The minimum atomic E-state index is -4.73. The lowest BCUT2D eigenvalue weighted by Crippen LogP contribution is -2.52. The fraction of sp³-hybridized carbons (Fsp3) is 0.174. The third-order valence-corrected chi connectivity index (χ3v) is 4.92. The van der Waals surface area contributed by atoms with Gasteiger partial charge >= 0.3 is 7.82 Å². The maximum Gasteiger partial charge on any atom is 0.469 e. The van der Waals surface area contributed by atoms with Crippen molar-refractivity contribution >= 4 is 19.4 Å². The Balaban J connectivity index is 1.56. The summed E-state index contributed by atoms with van der Waals surface area (Å²) in [7, 11) is -4.73. The van der Waals surface area contributed by atoms with Crippen LogP contribution in [0.1, 0.15) is 12.5 Å². The number of phosphoric ester groups is 1. The minimum absolute atomic E-state index is 0.431. The highest BCUT2D eigenvalue weighted by Crippen LogP contribution is 2.36. The minimum Gasteiger partial charge on any atom is -0.489 e. The van der Waals surface area contributed by atoms with Crippen LogP contribution in [0.4, 0.5) is 5.69 Å². The van der Waals surface area contributed by atoms with E-state index >= 15 is 0 Å². The van der Waals surface area contributed by atoms with Gasteiger partial charge in [0.05, 0.1) is 6.61 Å². The fourth-order valence-corrected chi connectivity index (χ4v) is 3.10. The number of carbonyl (C=O) groups excluding carboxylic acids is 1. The first-order valence-electron chi connectivity index (χ1n) is 9.96. The predicted molar refractivity (Wildman–Crippen MR) is 123 cm³/mol. The normalized spacial score (nSPS) is 13.1. The molecule has 3 aromatic carbocycles. The van der Waals surface area contributed by atoms with E-state index in [0.29, 0.717) is 29.5 Å². The largest absolute Gasteiger partial charge is 0.489 e. The maximum absolute atomic E-state index is 12.3. The average molecular weight is 472 g/mol. The van der Waals surface area contributed by atoms with E-state index in [9.17, 15) is 9.36 Å². The van der Waals surface area contributed by atoms with E-state index in [1.165, 1.54) is 6.92 Å². The number of hydrogen-bond acceptors (Lipinski definition) is 6. The van der Waals surface area contributed by atoms with Crippen molar-refractivity contribution < 1.29 is 33.1 Å². The van der Waals surface area contributed by atoms with Gasteiger partial charge in [-0.1, -0.05) is 36.4 Å². The van der Waals surface area contributed by atoms with Gasteiger partial charge in [0, 0.05) is 11.8 Å². The zero-order chi connectivity index (χ0) is 23.9. The van der Waals surface area contributed by atoms with Gasteiger partial charge in [0.25, 0.3) is 0 Å². The molecule has 0 aromatic heterocycles. The van der Waals surface area contributed by atoms with Crippen LogP contribution in [-0.4, -0.2) is 27.8 Å². The quantitative estimate of drug-likeness (QED) is 0.327. The summed E-state index contributed by atoms with van der Waals surface area (Å²) in [4.78, 5) is 29.9. The third kappa shape index (κ3) is 8.02. The van der Waals surface area contributed by atoms with E-state index in [1.54, 1.807) is 36.4 Å². The van der Waals surface area contributed by atoms with E-state index in [-0.39, 0.29) is 0 Å². The molecule has 0 aliphatic rings. The zero-order valence-electron chi connectivity index (χ0n) is 17.9. The Hall–Kier alpha value is -3.20. The smallest absolute Gasteiger partial charge is 0.469 e. The molecule has 3 rings (SSSR count). The van der Waals surface area contributed by atoms with Crippen molar-refractivity contribution in [2.45, 2.75) is 19.1 Å². The lowest BCUT2D eigenvalue weighted by molar-refractivity contribution is -0.121. The molecule has 3 aromatic rings. The van der Waals surface area contributed by atoms with Gasteiger partial charge in [-0.05, 0) is 48.9 Å². The van der Waals surface area contributed by atoms with Crippen LogP contribution >= 0.6 is 7.82 Å². The molecule has 174 valence electrons. The van der Waals surface area contributed by atoms with Crippen LogP contribution in [0.3, 0.4) is 0 Å². The monoisotopic (exact) mass is 472 g/mol. The summed E-state index contributed by atoms with van der Waals surface area (Å²) in [5.41, 5.74) is 5.65. The number of phosphoric acid groups is 1. The van der Waals surface area contributed by atoms with Crippen LogP contribution in [0.15, 0.2) is 78.9 Å². The summed E-state index contributed by atoms with van der Waals surface area (Å²) < 4.78 is 26.8. The Kier molecular flexibility index (Phi) is 7.86. The number of hydrogen-bond donors (Lipinski definition) is 4. The lowest BCUT2D eigenvalue weighted by Gasteiger charge is -2.23. The Bertz CT molecular complexity index is 1120. The molecule has 0 spiro atoms. The molecule has 0 aliphatic carbocycles. The van der Waals surface area contributed by atoms with Crippen LogP contribution in [-0.2, 0) is 20.5 Å². The van der Waals surface area contributed by atoms with Gasteiger partial charge < -0.3 is 30.3 Å². The van der Waals surface area contributed by atoms with E-state index in [2.05, 4.69) is 9.84 Å². The predicted octanol–water partition coefficient (Wildman–Crippen LogP) is 3.82. The molecule has 9 nitrogen and oxygen atoms in total. The molecule has 1 amide bonds. The van der Waals surface area contributed by atoms with E-state index in [1.807, 2.05) is 42.5 Å². The van der Waals surface area contributed by atoms with Crippen LogP contribution in [0.5, 0.6) is 17.2 Å². The second-order valence-electron chi connectivity index (χ2n) is 7.51. The highest BCUT2D eigenvalue weighted by molar-refractivity contribution is 7.46. The van der Waals surface area contributed by atoms with Crippen molar-refractivity contribution in [2.75, 3.05) is 11.9 Å². The number of ether oxygens (including phenoxy) is 2. The maximum atomic E-state index is 12.3. The summed E-state index contributed by atoms with van der Waals surface area (Å²) in [5, 5.41) is 2.58. The Labute approximate surface area is 191 Å². The average Bonchev–Trinajstić information content (AvgIpc) is 2.78. The van der Waals surface area contributed by atoms with Gasteiger partial charge in [0.1, 0.15) is 29.4 Å². The van der Waals surface area contributed by atoms with Gasteiger partial charge in [0.2, 0.25) is 5.91 Å². The number of nitrogens with two attached hydrogens (primary N) is 1. The first kappa shape index (κ1) is 24.4. The molecule has 0 saturated heterocycles. The standard InChI is InChI=1S/C23H25N2O7P/c1-23(24,16-31-33(27,28)29)22(26)25-18-10-12-19(13-11-18)32-21-9-5-8-20(14-21)30-15-17-6-3-2-4-7-17/h2-14H,15-16,24H2,1H3,(H,25,26)(H2,27,28,29)/t23-/m0/s1. The molecule has 0 unspecified atom stereocenters. The number of nitrogens with one attached hydrogen (secondary N) is 1. The zero-order valence-corrected chi connectivity index (χ0v) is 18.8. The summed E-state index contributed by atoms with van der Waals surface area (Å²) >= 11 is 0. The van der Waals surface area contributed by atoms with Gasteiger partial charge in [0.15, 0.2) is 0 Å². The number of amides is 1. The Morgan fingerprint density at radius 2 is 1.64 bits per heavy atom. The van der Waals surface area contributed by atoms with Crippen LogP contribution < -0.4 is 20.5 Å². The molecule has 0 aliphatic heterocycles. The number of rotatable bonds is 10. The first-order chi connectivity index (χ1) is 15.6. The molecule has 0 radical (unpaired) electrons. The highest BCUT2D eigenvalue weighted by atomic mass is 31.2. The number of benzene rings is 3. The van der Waals surface area contributed by atoms with Crippen LogP contribution in [0.2, 0.25) is 0 Å². The second-order valence-corrected chi connectivity index (χ2v) is 8.75. The van der Waals surface area contributed by atoms with Crippen molar-refractivity contribution in [2.24, 2.45) is 5.73 Å². The topological polar surface area (TPSA) is 140 Å². The molecular formula is C23H25N2O7P. The Morgan fingerprint density at radius 3 is 2.30 bits per heavy atom. The molecule has 1 atom stereocenters. The molecule has 0 fully saturated rings. The van der Waals surface area contributed by atoms with Gasteiger partial charge in [-0.2, -0.15) is 0 Å². The lowest BCUT2D eigenvalue weighted by atomic mass is 10.0. The van der Waals surface area contributed by atoms with E-state index in [4.69, 9.17) is 25.0 Å². The van der Waals surface area contributed by atoms with Gasteiger partial charge in [-0.15, -0.1) is 0 Å². The van der Waals surface area contributed by atoms with Gasteiger partial charge in [-0.25, -0.2) is 4.57 Å². The molecule has 10 heteroatoms. The fourth-order valence-electron chi connectivity index (χ4n) is 2.67. The van der Waals surface area contributed by atoms with E-state index < -0.39 is 25.9 Å². The molecule has 0 saturated carbocycles. The molecule has 5 N–H and O–H groups in total. The highest BCUT2D eigenvalue weighted by Gasteiger charge is 2.32. The van der Waals surface area contributed by atoms with Crippen molar-refractivity contribution in [1.82, 2.24) is 0 Å². The number of carbonyl (C=O) groups is 1. The molecule has 33 heavy (non-hydrogen) atoms. The first-order valence-corrected chi connectivity index (χ1v) is 11.5. The van der Waals surface area contributed by atoms with Crippen molar-refractivity contribution in [3.8, 4) is 17.2 Å². The molecular weight excluding hydrogens is 447 g/mol. The molecule has 0 heterocycles. The summed E-state index contributed by atoms with van der Waals surface area (Å²) in [6.45, 7) is 1.10. The van der Waals surface area contributed by atoms with Crippen LogP contribution in [0.25, 0.3) is 0 Å². The van der Waals surface area contributed by atoms with E-state index in [0.717, 1.165) is 5.56 Å². The van der Waals surface area contributed by atoms with Gasteiger partial charge in [-0.3, -0.25) is 9.32 Å². The summed E-state index contributed by atoms with van der Waals surface area (Å²) in [6, 6.07) is 23.6. The summed E-state index contributed by atoms with van der Waals surface area (Å²) in [5.74, 6) is 1.13. The summed E-state index contributed by atoms with van der Waals surface area (Å²) in [6.07, 6.45) is 0. The number of anilines is 1. The van der Waals surface area contributed by atoms with Crippen LogP contribution in [0, 0.1) is 0 Å². The van der Waals surface area contributed by atoms with Crippen molar-refractivity contribution in [1.29, 1.82) is 0 Å². The third-order valence-electron chi connectivity index (χ3n) is 4.45. The Morgan fingerprint density at radius 1 is 0.970 bits per heavy atom. The van der Waals surface area contributed by atoms with Crippen molar-refractivity contribution in [3.05, 3.63) is 84.4 Å². The second kappa shape index (κ2) is 10.6. The van der Waals surface area contributed by atoms with Crippen molar-refractivity contribution in [3.63, 3.8) is 0 Å².